The Morgan fingerprint density at radius 1 is 1.54 bits per heavy atom. The molecule has 1 fully saturated rings. The van der Waals surface area contributed by atoms with E-state index in [4.69, 9.17) is 16.0 Å². The number of nitrogens with two attached hydrogens (primary N) is 1. The van der Waals surface area contributed by atoms with Gasteiger partial charge in [0.2, 0.25) is 0 Å². The summed E-state index contributed by atoms with van der Waals surface area (Å²) in [5, 5.41) is 20.4. The predicted molar refractivity (Wildman–Crippen MR) is 49.7 cm³/mol. The van der Waals surface area contributed by atoms with Crippen LogP contribution in [0.25, 0.3) is 0 Å². The molecule has 0 bridgehead atoms. The molecule has 0 aromatic heterocycles. The van der Waals surface area contributed by atoms with Gasteiger partial charge in [-0.05, 0) is 19.4 Å². The first-order chi connectivity index (χ1) is 6.29. The molecule has 0 aliphatic carbocycles. The number of hydrogen-bond donors (Lipinski definition) is 3. The van der Waals surface area contributed by atoms with Crippen LogP contribution in [0, 0.1) is 0 Å². The van der Waals surface area contributed by atoms with Crippen molar-refractivity contribution < 1.29 is 10.3 Å². The highest BCUT2D eigenvalue weighted by atomic mass is 16.4. The molecule has 1 saturated heterocycles. The number of nitrogens with zero attached hydrogens (tertiary/aromatic N) is 2. The van der Waals surface area contributed by atoms with Gasteiger partial charge < -0.3 is 16.0 Å². The predicted octanol–water partition coefficient (Wildman–Crippen LogP) is -0.420. The smallest absolute Gasteiger partial charge is 0.156 e. The van der Waals surface area contributed by atoms with Crippen molar-refractivity contribution >= 4 is 5.84 Å². The summed E-state index contributed by atoms with van der Waals surface area (Å²) in [5.41, 5.74) is 5.55. The Morgan fingerprint density at radius 3 is 2.92 bits per heavy atom. The molecule has 0 amide bonds. The lowest BCUT2D eigenvalue weighted by molar-refractivity contribution is 0.146. The summed E-state index contributed by atoms with van der Waals surface area (Å²) in [6, 6.07) is 0.00546. The molecule has 0 aromatic carbocycles. The van der Waals surface area contributed by atoms with Crippen LogP contribution in [0.3, 0.4) is 0 Å². The van der Waals surface area contributed by atoms with Gasteiger partial charge in [-0.3, -0.25) is 4.90 Å². The van der Waals surface area contributed by atoms with Crippen molar-refractivity contribution in [2.24, 2.45) is 10.9 Å². The minimum absolute atomic E-state index is 0.00546. The van der Waals surface area contributed by atoms with Crippen molar-refractivity contribution in [2.45, 2.75) is 25.3 Å². The Labute approximate surface area is 77.8 Å². The van der Waals surface area contributed by atoms with E-state index < -0.39 is 0 Å². The molecule has 4 N–H and O–H groups in total. The quantitative estimate of drug-likeness (QED) is 0.242. The topological polar surface area (TPSA) is 82.1 Å². The van der Waals surface area contributed by atoms with Crippen LogP contribution in [0.4, 0.5) is 0 Å². The molecule has 1 atom stereocenters. The fourth-order valence-corrected chi connectivity index (χ4v) is 1.79. The van der Waals surface area contributed by atoms with Gasteiger partial charge in [-0.15, -0.1) is 0 Å². The van der Waals surface area contributed by atoms with E-state index in [2.05, 4.69) is 10.1 Å². The zero-order valence-electron chi connectivity index (χ0n) is 7.69. The Hall–Kier alpha value is -0.810. The molecule has 13 heavy (non-hydrogen) atoms. The molecule has 0 saturated carbocycles. The number of piperidine rings is 1. The van der Waals surface area contributed by atoms with Gasteiger partial charge in [0.15, 0.2) is 5.84 Å². The van der Waals surface area contributed by atoms with Crippen LogP contribution < -0.4 is 5.73 Å². The van der Waals surface area contributed by atoms with Crippen molar-refractivity contribution in [3.05, 3.63) is 0 Å². The van der Waals surface area contributed by atoms with Crippen LogP contribution in [-0.2, 0) is 0 Å². The maximum absolute atomic E-state index is 8.81. The van der Waals surface area contributed by atoms with Crippen molar-refractivity contribution in [2.75, 3.05) is 19.7 Å². The SMILES string of the molecule is N/C(=N\O)C1CCCCN1CCO. The molecule has 1 rings (SSSR count). The van der Waals surface area contributed by atoms with E-state index in [1.165, 1.54) is 0 Å². The van der Waals surface area contributed by atoms with Gasteiger partial charge in [-0.25, -0.2) is 0 Å². The van der Waals surface area contributed by atoms with Crippen LogP contribution >= 0.6 is 0 Å². The van der Waals surface area contributed by atoms with Crippen LogP contribution in [0.5, 0.6) is 0 Å². The van der Waals surface area contributed by atoms with E-state index in [1.54, 1.807) is 0 Å². The van der Waals surface area contributed by atoms with Gasteiger partial charge in [0, 0.05) is 6.54 Å². The van der Waals surface area contributed by atoms with Gasteiger partial charge in [-0.2, -0.15) is 0 Å². The van der Waals surface area contributed by atoms with Crippen molar-refractivity contribution in [1.82, 2.24) is 4.90 Å². The fraction of sp³-hybridized carbons (Fsp3) is 0.875. The second kappa shape index (κ2) is 5.04. The first kappa shape index (κ1) is 10.3. The number of likely N-dealkylation sites (tertiary alicyclic amines) is 1. The maximum Gasteiger partial charge on any atom is 0.156 e. The van der Waals surface area contributed by atoms with Crippen molar-refractivity contribution in [1.29, 1.82) is 0 Å². The van der Waals surface area contributed by atoms with Gasteiger partial charge in [-0.1, -0.05) is 11.6 Å². The molecule has 0 spiro atoms. The lowest BCUT2D eigenvalue weighted by atomic mass is 10.0. The highest BCUT2D eigenvalue weighted by Gasteiger charge is 2.24. The second-order valence-corrected chi connectivity index (χ2v) is 3.30. The summed E-state index contributed by atoms with van der Waals surface area (Å²) in [6.07, 6.45) is 3.13. The third-order valence-corrected chi connectivity index (χ3v) is 2.46. The number of aliphatic hydroxyl groups is 1. The van der Waals surface area contributed by atoms with Gasteiger partial charge in [0.1, 0.15) is 0 Å². The van der Waals surface area contributed by atoms with Gasteiger partial charge >= 0.3 is 0 Å². The van der Waals surface area contributed by atoms with E-state index in [0.29, 0.717) is 6.54 Å². The number of hydrogen-bond acceptors (Lipinski definition) is 4. The number of aliphatic hydroxyl groups excluding tert-OH is 1. The summed E-state index contributed by atoms with van der Waals surface area (Å²) >= 11 is 0. The minimum Gasteiger partial charge on any atom is -0.409 e. The van der Waals surface area contributed by atoms with Gasteiger partial charge in [0.05, 0.1) is 12.6 Å². The Bertz CT molecular complexity index is 182. The zero-order chi connectivity index (χ0) is 9.68. The number of amidine groups is 1. The van der Waals surface area contributed by atoms with Crippen molar-refractivity contribution in [3.8, 4) is 0 Å². The number of rotatable bonds is 3. The zero-order valence-corrected chi connectivity index (χ0v) is 7.69. The summed E-state index contributed by atoms with van der Waals surface area (Å²) in [5.74, 6) is 0.258. The number of oxime groups is 1. The Kier molecular flexibility index (Phi) is 3.98. The molecule has 5 nitrogen and oxygen atoms in total. The summed E-state index contributed by atoms with van der Waals surface area (Å²) < 4.78 is 0. The third-order valence-electron chi connectivity index (χ3n) is 2.46. The van der Waals surface area contributed by atoms with Crippen LogP contribution in [0.1, 0.15) is 19.3 Å². The first-order valence-electron chi connectivity index (χ1n) is 4.62. The normalized spacial score (nSPS) is 26.2. The lowest BCUT2D eigenvalue weighted by Crippen LogP contribution is -2.48. The largest absolute Gasteiger partial charge is 0.409 e. The third kappa shape index (κ3) is 2.57. The first-order valence-corrected chi connectivity index (χ1v) is 4.62. The summed E-state index contributed by atoms with van der Waals surface area (Å²) in [4.78, 5) is 2.05. The monoisotopic (exact) mass is 187 g/mol. The highest BCUT2D eigenvalue weighted by Crippen LogP contribution is 2.16. The second-order valence-electron chi connectivity index (χ2n) is 3.30. The Balaban J connectivity index is 2.56. The van der Waals surface area contributed by atoms with E-state index in [0.717, 1.165) is 25.8 Å². The summed E-state index contributed by atoms with van der Waals surface area (Å²) in [6.45, 7) is 1.64. The number of β-amino-alcohol motifs (C(OH)–C–C–N with tert-alkyl or cyclic N) is 1. The van der Waals surface area contributed by atoms with Crippen LogP contribution in [0.15, 0.2) is 5.16 Å². The molecule has 0 aromatic rings. The average molecular weight is 187 g/mol. The molecule has 76 valence electrons. The van der Waals surface area contributed by atoms with Crippen LogP contribution in [0.2, 0.25) is 0 Å². The standard InChI is InChI=1S/C8H17N3O2/c9-8(10-13)7-3-1-2-4-11(7)5-6-12/h7,12-13H,1-6H2,(H2,9,10). The Morgan fingerprint density at radius 2 is 2.31 bits per heavy atom. The molecule has 1 unspecified atom stereocenters. The lowest BCUT2D eigenvalue weighted by Gasteiger charge is -2.34. The molecular formula is C8H17N3O2. The molecule has 1 aliphatic heterocycles. The fourth-order valence-electron chi connectivity index (χ4n) is 1.79. The minimum atomic E-state index is 0.00546. The van der Waals surface area contributed by atoms with E-state index in [9.17, 15) is 0 Å². The maximum atomic E-state index is 8.81. The van der Waals surface area contributed by atoms with Gasteiger partial charge in [0.25, 0.3) is 0 Å². The summed E-state index contributed by atoms with van der Waals surface area (Å²) in [7, 11) is 0. The molecular weight excluding hydrogens is 170 g/mol. The molecule has 1 aliphatic rings. The molecule has 1 heterocycles. The van der Waals surface area contributed by atoms with E-state index >= 15 is 0 Å². The highest BCUT2D eigenvalue weighted by molar-refractivity contribution is 5.85. The molecule has 5 heteroatoms. The van der Waals surface area contributed by atoms with Crippen LogP contribution in [-0.4, -0.2) is 46.8 Å². The van der Waals surface area contributed by atoms with Crippen molar-refractivity contribution in [3.63, 3.8) is 0 Å². The average Bonchev–Trinajstić information content (AvgIpc) is 2.18. The van der Waals surface area contributed by atoms with E-state index in [-0.39, 0.29) is 18.5 Å². The van der Waals surface area contributed by atoms with E-state index in [1.807, 2.05) is 0 Å². The molecule has 0 radical (unpaired) electrons.